The van der Waals surface area contributed by atoms with Crippen molar-refractivity contribution in [2.24, 2.45) is 11.8 Å². The topological polar surface area (TPSA) is 69.7 Å². The highest BCUT2D eigenvalue weighted by Gasteiger charge is 2.34. The highest BCUT2D eigenvalue weighted by atomic mass is 32.2. The number of carbonyl (C=O) groups excluding carboxylic acids is 1. The monoisotopic (exact) mass is 481 g/mol. The molecule has 6 nitrogen and oxygen atoms in total. The van der Waals surface area contributed by atoms with Crippen molar-refractivity contribution in [1.29, 1.82) is 0 Å². The number of carbonyl (C=O) groups is 1. The fraction of sp³-hybridized carbons (Fsp3) is 0.591. The molecule has 2 unspecified atom stereocenters. The maximum Gasteiger partial charge on any atom is 0.252 e. The lowest BCUT2D eigenvalue weighted by molar-refractivity contribution is -0.126. The lowest BCUT2D eigenvalue weighted by Gasteiger charge is -2.37. The molecule has 4 rings (SSSR count). The van der Waals surface area contributed by atoms with E-state index >= 15 is 0 Å². The van der Waals surface area contributed by atoms with Crippen LogP contribution in [0.3, 0.4) is 0 Å². The van der Waals surface area contributed by atoms with Gasteiger partial charge in [0.15, 0.2) is 0 Å². The second-order valence-electron chi connectivity index (χ2n) is 8.63. The fourth-order valence-corrected chi connectivity index (χ4v) is 8.01. The van der Waals surface area contributed by atoms with Crippen molar-refractivity contribution < 1.29 is 13.2 Å². The molecule has 4 heterocycles. The fourth-order valence-electron chi connectivity index (χ4n) is 4.48. The third-order valence-corrected chi connectivity index (χ3v) is 10.7. The molecule has 0 saturated carbocycles. The number of rotatable bonds is 7. The highest BCUT2D eigenvalue weighted by molar-refractivity contribution is 7.91. The maximum absolute atomic E-state index is 13.0. The van der Waals surface area contributed by atoms with E-state index in [1.807, 2.05) is 0 Å². The number of amides is 1. The Kier molecular flexibility index (Phi) is 7.48. The van der Waals surface area contributed by atoms with Crippen LogP contribution in [-0.4, -0.2) is 56.3 Å². The quantitative estimate of drug-likeness (QED) is 0.653. The first-order chi connectivity index (χ1) is 14.9. The van der Waals surface area contributed by atoms with E-state index in [1.54, 1.807) is 28.8 Å². The van der Waals surface area contributed by atoms with E-state index in [0.29, 0.717) is 23.7 Å². The summed E-state index contributed by atoms with van der Waals surface area (Å²) in [6, 6.07) is 7.78. The molecule has 9 heteroatoms. The minimum atomic E-state index is -3.51. The van der Waals surface area contributed by atoms with E-state index in [0.717, 1.165) is 25.4 Å². The summed E-state index contributed by atoms with van der Waals surface area (Å²) in [6.45, 7) is 5.72. The van der Waals surface area contributed by atoms with Crippen LogP contribution in [0.2, 0.25) is 0 Å². The molecule has 2 aliphatic rings. The van der Waals surface area contributed by atoms with Crippen molar-refractivity contribution in [3.63, 3.8) is 0 Å². The normalized spacial score (nSPS) is 22.9. The number of piperidine rings is 2. The van der Waals surface area contributed by atoms with Gasteiger partial charge in [-0.25, -0.2) is 8.42 Å². The van der Waals surface area contributed by atoms with Crippen molar-refractivity contribution in [3.05, 3.63) is 39.9 Å². The van der Waals surface area contributed by atoms with Crippen LogP contribution in [0.15, 0.2) is 39.2 Å². The van der Waals surface area contributed by atoms with E-state index in [1.165, 1.54) is 33.4 Å². The van der Waals surface area contributed by atoms with Gasteiger partial charge < -0.3 is 5.32 Å². The summed E-state index contributed by atoms with van der Waals surface area (Å²) in [5, 5.41) is 7.02. The van der Waals surface area contributed by atoms with Gasteiger partial charge in [-0.05, 0) is 67.6 Å². The van der Waals surface area contributed by atoms with Gasteiger partial charge in [0.2, 0.25) is 5.91 Å². The molecule has 1 N–H and O–H groups in total. The molecule has 0 bridgehead atoms. The van der Waals surface area contributed by atoms with Gasteiger partial charge in [0.05, 0.1) is 12.0 Å². The van der Waals surface area contributed by atoms with Crippen molar-refractivity contribution in [2.75, 3.05) is 32.7 Å². The molecule has 0 spiro atoms. The molecule has 2 fully saturated rings. The largest absolute Gasteiger partial charge is 0.354 e. The van der Waals surface area contributed by atoms with Crippen molar-refractivity contribution in [2.45, 2.75) is 42.9 Å². The predicted molar refractivity (Wildman–Crippen MR) is 126 cm³/mol. The first kappa shape index (κ1) is 22.9. The number of nitrogens with one attached hydrogen (secondary N) is 1. The van der Waals surface area contributed by atoms with E-state index in [-0.39, 0.29) is 24.4 Å². The van der Waals surface area contributed by atoms with Crippen LogP contribution in [-0.2, 0) is 14.8 Å². The molecule has 0 aliphatic carbocycles. The molecule has 2 aromatic rings. The second-order valence-corrected chi connectivity index (χ2v) is 12.7. The molecule has 2 aromatic heterocycles. The zero-order chi connectivity index (χ0) is 21.8. The Bertz CT molecular complexity index is 936. The average Bonchev–Trinajstić information content (AvgIpc) is 3.50. The van der Waals surface area contributed by atoms with Crippen LogP contribution in [0, 0.1) is 11.8 Å². The maximum atomic E-state index is 13.0. The summed E-state index contributed by atoms with van der Waals surface area (Å²) in [7, 11) is -3.51. The molecule has 0 radical (unpaired) electrons. The van der Waals surface area contributed by atoms with Crippen LogP contribution in [0.1, 0.15) is 43.5 Å². The van der Waals surface area contributed by atoms with Crippen LogP contribution >= 0.6 is 22.7 Å². The highest BCUT2D eigenvalue weighted by Crippen LogP contribution is 2.30. The molecular formula is C22H31N3O3S3. The predicted octanol–water partition coefficient (Wildman–Crippen LogP) is 3.80. The van der Waals surface area contributed by atoms with Crippen LogP contribution in [0.5, 0.6) is 0 Å². The van der Waals surface area contributed by atoms with Gasteiger partial charge >= 0.3 is 0 Å². The van der Waals surface area contributed by atoms with Gasteiger partial charge in [0.25, 0.3) is 10.0 Å². The Labute approximate surface area is 193 Å². The minimum Gasteiger partial charge on any atom is -0.354 e. The van der Waals surface area contributed by atoms with E-state index in [4.69, 9.17) is 0 Å². The third-order valence-electron chi connectivity index (χ3n) is 6.44. The van der Waals surface area contributed by atoms with Crippen molar-refractivity contribution in [1.82, 2.24) is 14.5 Å². The second kappa shape index (κ2) is 10.1. The molecular weight excluding hydrogens is 450 g/mol. The van der Waals surface area contributed by atoms with Gasteiger partial charge in [-0.1, -0.05) is 19.1 Å². The third kappa shape index (κ3) is 5.39. The number of nitrogens with zero attached hydrogens (tertiary/aromatic N) is 2. The van der Waals surface area contributed by atoms with Crippen LogP contribution in [0.4, 0.5) is 0 Å². The summed E-state index contributed by atoms with van der Waals surface area (Å²) in [5.74, 6) is 0.431. The van der Waals surface area contributed by atoms with Gasteiger partial charge in [-0.3, -0.25) is 9.69 Å². The number of hydrogen-bond donors (Lipinski definition) is 1. The Balaban J connectivity index is 1.38. The Morgan fingerprint density at radius 1 is 1.13 bits per heavy atom. The van der Waals surface area contributed by atoms with E-state index in [2.05, 4.69) is 34.7 Å². The standard InChI is InChI=1S/C22H31N3O3S3/c1-17-8-11-24(12-9-17)19(20-6-3-13-29-20)15-23-22(26)18-5-2-10-25(16-18)31(27,28)21-7-4-14-30-21/h3-4,6-7,13-14,17-19H,2,5,8-12,15-16H2,1H3,(H,23,26). The summed E-state index contributed by atoms with van der Waals surface area (Å²) in [5.41, 5.74) is 0. The number of sulfonamides is 1. The molecule has 2 atom stereocenters. The molecule has 1 amide bonds. The zero-order valence-electron chi connectivity index (χ0n) is 17.9. The van der Waals surface area contributed by atoms with Gasteiger partial charge in [0, 0.05) is 24.5 Å². The molecule has 170 valence electrons. The number of likely N-dealkylation sites (tertiary alicyclic amines) is 1. The first-order valence-corrected chi connectivity index (χ1v) is 14.2. The van der Waals surface area contributed by atoms with Gasteiger partial charge in [-0.15, -0.1) is 22.7 Å². The summed E-state index contributed by atoms with van der Waals surface area (Å²) in [4.78, 5) is 16.8. The smallest absolute Gasteiger partial charge is 0.252 e. The van der Waals surface area contributed by atoms with Gasteiger partial charge in [-0.2, -0.15) is 4.31 Å². The Morgan fingerprint density at radius 2 is 1.87 bits per heavy atom. The number of thiophene rings is 2. The van der Waals surface area contributed by atoms with Gasteiger partial charge in [0.1, 0.15) is 4.21 Å². The van der Waals surface area contributed by atoms with Crippen molar-refractivity contribution in [3.8, 4) is 0 Å². The minimum absolute atomic E-state index is 0.0296. The lowest BCUT2D eigenvalue weighted by Crippen LogP contribution is -2.47. The van der Waals surface area contributed by atoms with Crippen LogP contribution in [0.25, 0.3) is 0 Å². The molecule has 0 aromatic carbocycles. The molecule has 2 aliphatic heterocycles. The summed E-state index contributed by atoms with van der Waals surface area (Å²) >= 11 is 2.96. The SMILES string of the molecule is CC1CCN(C(CNC(=O)C2CCCN(S(=O)(=O)c3cccs3)C2)c2cccs2)CC1. The molecule has 31 heavy (non-hydrogen) atoms. The number of hydrogen-bond acceptors (Lipinski definition) is 6. The van der Waals surface area contributed by atoms with Crippen LogP contribution < -0.4 is 5.32 Å². The average molecular weight is 482 g/mol. The van der Waals surface area contributed by atoms with Crippen molar-refractivity contribution >= 4 is 38.6 Å². The summed E-state index contributed by atoms with van der Waals surface area (Å²) < 4.78 is 27.6. The van der Waals surface area contributed by atoms with E-state index < -0.39 is 10.0 Å². The summed E-state index contributed by atoms with van der Waals surface area (Å²) in [6.07, 6.45) is 3.82. The Morgan fingerprint density at radius 3 is 2.55 bits per heavy atom. The lowest BCUT2D eigenvalue weighted by atomic mass is 9.97. The Hall–Kier alpha value is -1.26. The first-order valence-electron chi connectivity index (χ1n) is 11.0. The molecule has 2 saturated heterocycles. The zero-order valence-corrected chi connectivity index (χ0v) is 20.4. The van der Waals surface area contributed by atoms with E-state index in [9.17, 15) is 13.2 Å².